The molecular weight excluding hydrogens is 348 g/mol. The fourth-order valence-electron chi connectivity index (χ4n) is 3.57. The Kier molecular flexibility index (Phi) is 6.45. The maximum absolute atomic E-state index is 12.6. The molecule has 0 spiro atoms. The SMILES string of the molecule is CCCCCCNC(=O)c1cnn2c(C)c(Cc3ccccc3C)c(C)nc12. The van der Waals surface area contributed by atoms with Crippen LogP contribution in [0, 0.1) is 20.8 Å². The van der Waals surface area contributed by atoms with Gasteiger partial charge in [-0.1, -0.05) is 50.5 Å². The van der Waals surface area contributed by atoms with Crippen molar-refractivity contribution in [1.82, 2.24) is 19.9 Å². The summed E-state index contributed by atoms with van der Waals surface area (Å²) in [6.45, 7) is 9.07. The summed E-state index contributed by atoms with van der Waals surface area (Å²) in [4.78, 5) is 17.3. The smallest absolute Gasteiger partial charge is 0.256 e. The summed E-state index contributed by atoms with van der Waals surface area (Å²) in [5, 5.41) is 7.46. The van der Waals surface area contributed by atoms with Crippen LogP contribution in [0.15, 0.2) is 30.5 Å². The van der Waals surface area contributed by atoms with Crippen LogP contribution in [0.4, 0.5) is 0 Å². The molecule has 0 saturated heterocycles. The van der Waals surface area contributed by atoms with E-state index in [-0.39, 0.29) is 5.91 Å². The van der Waals surface area contributed by atoms with Gasteiger partial charge in [0.25, 0.3) is 5.91 Å². The minimum atomic E-state index is -0.0931. The maximum atomic E-state index is 12.6. The van der Waals surface area contributed by atoms with E-state index in [4.69, 9.17) is 4.98 Å². The lowest BCUT2D eigenvalue weighted by Crippen LogP contribution is -2.24. The van der Waals surface area contributed by atoms with Crippen molar-refractivity contribution in [2.45, 2.75) is 59.8 Å². The average molecular weight is 379 g/mol. The second-order valence-electron chi connectivity index (χ2n) is 7.47. The number of nitrogens with zero attached hydrogens (tertiary/aromatic N) is 3. The van der Waals surface area contributed by atoms with Crippen molar-refractivity contribution < 1.29 is 4.79 Å². The quantitative estimate of drug-likeness (QED) is 0.585. The van der Waals surface area contributed by atoms with E-state index in [1.165, 1.54) is 24.0 Å². The first kappa shape index (κ1) is 20.1. The number of hydrogen-bond acceptors (Lipinski definition) is 3. The van der Waals surface area contributed by atoms with Gasteiger partial charge in [-0.15, -0.1) is 0 Å². The highest BCUT2D eigenvalue weighted by Gasteiger charge is 2.18. The summed E-state index contributed by atoms with van der Waals surface area (Å²) < 4.78 is 1.80. The molecule has 5 nitrogen and oxygen atoms in total. The normalized spacial score (nSPS) is 11.1. The predicted molar refractivity (Wildman–Crippen MR) is 113 cm³/mol. The third kappa shape index (κ3) is 4.24. The van der Waals surface area contributed by atoms with Gasteiger partial charge in [-0.3, -0.25) is 4.79 Å². The van der Waals surface area contributed by atoms with Gasteiger partial charge in [0.2, 0.25) is 0 Å². The molecule has 5 heteroatoms. The molecule has 0 aliphatic heterocycles. The van der Waals surface area contributed by atoms with Crippen molar-refractivity contribution in [3.05, 3.63) is 64.1 Å². The molecule has 0 aliphatic rings. The Morgan fingerprint density at radius 3 is 2.64 bits per heavy atom. The van der Waals surface area contributed by atoms with Gasteiger partial charge in [-0.25, -0.2) is 9.50 Å². The van der Waals surface area contributed by atoms with Crippen molar-refractivity contribution in [3.63, 3.8) is 0 Å². The number of aryl methyl sites for hydroxylation is 3. The fourth-order valence-corrected chi connectivity index (χ4v) is 3.57. The predicted octanol–water partition coefficient (Wildman–Crippen LogP) is 4.56. The number of amides is 1. The van der Waals surface area contributed by atoms with E-state index in [0.29, 0.717) is 17.8 Å². The van der Waals surface area contributed by atoms with Crippen LogP contribution in [0.1, 0.15) is 71.0 Å². The zero-order valence-corrected chi connectivity index (χ0v) is 17.4. The Balaban J connectivity index is 1.83. The number of carbonyl (C=O) groups excluding carboxylic acids is 1. The van der Waals surface area contributed by atoms with Crippen LogP contribution in [-0.4, -0.2) is 27.0 Å². The zero-order chi connectivity index (χ0) is 20.1. The van der Waals surface area contributed by atoms with Gasteiger partial charge in [0.1, 0.15) is 5.56 Å². The van der Waals surface area contributed by atoms with Gasteiger partial charge in [0, 0.05) is 24.4 Å². The molecular formula is C23H30N4O. The summed E-state index contributed by atoms with van der Waals surface area (Å²) in [6, 6.07) is 8.40. The number of carbonyl (C=O) groups is 1. The van der Waals surface area contributed by atoms with Gasteiger partial charge in [0.05, 0.1) is 6.20 Å². The summed E-state index contributed by atoms with van der Waals surface area (Å²) in [7, 11) is 0. The van der Waals surface area contributed by atoms with E-state index in [9.17, 15) is 4.79 Å². The zero-order valence-electron chi connectivity index (χ0n) is 17.4. The Morgan fingerprint density at radius 2 is 1.89 bits per heavy atom. The topological polar surface area (TPSA) is 59.3 Å². The molecule has 28 heavy (non-hydrogen) atoms. The molecule has 3 rings (SSSR count). The summed E-state index contributed by atoms with van der Waals surface area (Å²) in [5.74, 6) is -0.0931. The Labute approximate surface area is 167 Å². The Bertz CT molecular complexity index is 974. The maximum Gasteiger partial charge on any atom is 0.256 e. The van der Waals surface area contributed by atoms with Crippen molar-refractivity contribution in [2.75, 3.05) is 6.54 Å². The van der Waals surface area contributed by atoms with Gasteiger partial charge in [-0.2, -0.15) is 5.10 Å². The molecule has 0 unspecified atom stereocenters. The first-order valence-electron chi connectivity index (χ1n) is 10.2. The molecule has 0 atom stereocenters. The van der Waals surface area contributed by atoms with Crippen LogP contribution in [0.2, 0.25) is 0 Å². The Hall–Kier alpha value is -2.69. The number of hydrogen-bond donors (Lipinski definition) is 1. The average Bonchev–Trinajstić information content (AvgIpc) is 3.10. The second kappa shape index (κ2) is 9.00. The van der Waals surface area contributed by atoms with Crippen LogP contribution in [-0.2, 0) is 6.42 Å². The monoisotopic (exact) mass is 378 g/mol. The highest BCUT2D eigenvalue weighted by Crippen LogP contribution is 2.21. The number of aromatic nitrogens is 3. The highest BCUT2D eigenvalue weighted by molar-refractivity contribution is 5.99. The fraction of sp³-hybridized carbons (Fsp3) is 0.435. The number of nitrogens with one attached hydrogen (secondary N) is 1. The Morgan fingerprint density at radius 1 is 1.11 bits per heavy atom. The van der Waals surface area contributed by atoms with E-state index >= 15 is 0 Å². The lowest BCUT2D eigenvalue weighted by Gasteiger charge is -2.13. The molecule has 1 N–H and O–H groups in total. The van der Waals surface area contributed by atoms with Crippen molar-refractivity contribution in [1.29, 1.82) is 0 Å². The summed E-state index contributed by atoms with van der Waals surface area (Å²) in [6.07, 6.45) is 6.99. The minimum Gasteiger partial charge on any atom is -0.352 e. The molecule has 0 bridgehead atoms. The van der Waals surface area contributed by atoms with Crippen molar-refractivity contribution in [2.24, 2.45) is 0 Å². The highest BCUT2D eigenvalue weighted by atomic mass is 16.1. The van der Waals surface area contributed by atoms with Crippen molar-refractivity contribution >= 4 is 11.6 Å². The standard InChI is InChI=1S/C23H30N4O/c1-5-6-7-10-13-24-23(28)21-15-25-27-18(4)20(17(3)26-22(21)27)14-19-12-9-8-11-16(19)2/h8-9,11-12,15H,5-7,10,13-14H2,1-4H3,(H,24,28). The van der Waals surface area contributed by atoms with Gasteiger partial charge >= 0.3 is 0 Å². The molecule has 0 radical (unpaired) electrons. The molecule has 2 heterocycles. The number of unbranched alkanes of at least 4 members (excludes halogenated alkanes) is 3. The van der Waals surface area contributed by atoms with Crippen molar-refractivity contribution in [3.8, 4) is 0 Å². The molecule has 148 valence electrons. The first-order valence-corrected chi connectivity index (χ1v) is 10.2. The lowest BCUT2D eigenvalue weighted by molar-refractivity contribution is 0.0954. The van der Waals surface area contributed by atoms with Crippen LogP contribution < -0.4 is 5.32 Å². The molecule has 2 aromatic heterocycles. The van der Waals surface area contributed by atoms with E-state index in [2.05, 4.69) is 55.5 Å². The summed E-state index contributed by atoms with van der Waals surface area (Å²) >= 11 is 0. The largest absolute Gasteiger partial charge is 0.352 e. The second-order valence-corrected chi connectivity index (χ2v) is 7.47. The van der Waals surface area contributed by atoms with E-state index < -0.39 is 0 Å². The molecule has 0 saturated carbocycles. The summed E-state index contributed by atoms with van der Waals surface area (Å²) in [5.41, 5.74) is 6.88. The van der Waals surface area contributed by atoms with Gasteiger partial charge in [-0.05, 0) is 43.9 Å². The van der Waals surface area contributed by atoms with Crippen LogP contribution >= 0.6 is 0 Å². The molecule has 3 aromatic rings. The molecule has 1 amide bonds. The minimum absolute atomic E-state index is 0.0931. The van der Waals surface area contributed by atoms with E-state index in [1.54, 1.807) is 10.7 Å². The van der Waals surface area contributed by atoms with Gasteiger partial charge < -0.3 is 5.32 Å². The first-order chi connectivity index (χ1) is 13.5. The van der Waals surface area contributed by atoms with Crippen LogP contribution in [0.5, 0.6) is 0 Å². The third-order valence-electron chi connectivity index (χ3n) is 5.40. The van der Waals surface area contributed by atoms with E-state index in [0.717, 1.165) is 36.2 Å². The molecule has 0 fully saturated rings. The molecule has 0 aliphatic carbocycles. The number of rotatable bonds is 8. The third-order valence-corrected chi connectivity index (χ3v) is 5.40. The lowest BCUT2D eigenvalue weighted by atomic mass is 9.99. The van der Waals surface area contributed by atoms with E-state index in [1.807, 2.05) is 6.92 Å². The van der Waals surface area contributed by atoms with Crippen LogP contribution in [0.3, 0.4) is 0 Å². The van der Waals surface area contributed by atoms with Gasteiger partial charge in [0.15, 0.2) is 5.65 Å². The number of fused-ring (bicyclic) bond motifs is 1. The number of benzene rings is 1. The van der Waals surface area contributed by atoms with Crippen LogP contribution in [0.25, 0.3) is 5.65 Å². The molecule has 1 aromatic carbocycles.